The van der Waals surface area contributed by atoms with Crippen LogP contribution in [0.25, 0.3) is 21.9 Å². The van der Waals surface area contributed by atoms with Gasteiger partial charge in [-0.05, 0) is 97.5 Å². The van der Waals surface area contributed by atoms with E-state index < -0.39 is 9.84 Å². The van der Waals surface area contributed by atoms with E-state index in [0.29, 0.717) is 18.1 Å². The van der Waals surface area contributed by atoms with Crippen LogP contribution >= 0.6 is 12.4 Å². The SMILES string of the molecule is CS(=O)(=O)c1cccc(-c2ccc3cc(O)ccc3c2Oc2ccc(OCCN3CCCCC3)cc2)c1.Cl. The Morgan fingerprint density at radius 1 is 0.868 bits per heavy atom. The number of fused-ring (bicyclic) bond motifs is 1. The van der Waals surface area contributed by atoms with Crippen molar-refractivity contribution in [3.63, 3.8) is 0 Å². The first-order chi connectivity index (χ1) is 17.9. The summed E-state index contributed by atoms with van der Waals surface area (Å²) in [6.45, 7) is 3.87. The Hall–Kier alpha value is -3.26. The molecule has 0 bridgehead atoms. The molecule has 0 spiro atoms. The lowest BCUT2D eigenvalue weighted by Crippen LogP contribution is -2.33. The van der Waals surface area contributed by atoms with Crippen LogP contribution < -0.4 is 9.47 Å². The van der Waals surface area contributed by atoms with E-state index >= 15 is 0 Å². The van der Waals surface area contributed by atoms with E-state index in [2.05, 4.69) is 4.90 Å². The maximum Gasteiger partial charge on any atom is 0.175 e. The number of phenols is 1. The molecule has 0 radical (unpaired) electrons. The van der Waals surface area contributed by atoms with Gasteiger partial charge in [0.25, 0.3) is 0 Å². The molecule has 0 aliphatic carbocycles. The summed E-state index contributed by atoms with van der Waals surface area (Å²) in [5.74, 6) is 2.16. The minimum absolute atomic E-state index is 0. The summed E-state index contributed by atoms with van der Waals surface area (Å²) < 4.78 is 36.7. The van der Waals surface area contributed by atoms with E-state index in [1.54, 1.807) is 30.3 Å². The number of hydrogen-bond acceptors (Lipinski definition) is 6. The second-order valence-corrected chi connectivity index (χ2v) is 11.5. The summed E-state index contributed by atoms with van der Waals surface area (Å²) in [5, 5.41) is 11.6. The van der Waals surface area contributed by atoms with E-state index in [-0.39, 0.29) is 23.1 Å². The van der Waals surface area contributed by atoms with Crippen LogP contribution in [0.5, 0.6) is 23.0 Å². The highest BCUT2D eigenvalue weighted by atomic mass is 35.5. The molecule has 4 aromatic carbocycles. The Bertz CT molecular complexity index is 1500. The Balaban J connectivity index is 0.00000336. The molecule has 1 heterocycles. The zero-order valence-corrected chi connectivity index (χ0v) is 22.9. The molecule has 0 unspecified atom stereocenters. The number of piperidine rings is 1. The average molecular weight is 554 g/mol. The molecule has 1 fully saturated rings. The highest BCUT2D eigenvalue weighted by Crippen LogP contribution is 2.41. The first-order valence-electron chi connectivity index (χ1n) is 12.6. The second kappa shape index (κ2) is 12.1. The van der Waals surface area contributed by atoms with Crippen molar-refractivity contribution in [2.75, 3.05) is 32.5 Å². The number of rotatable bonds is 8. The molecule has 5 rings (SSSR count). The van der Waals surface area contributed by atoms with Crippen LogP contribution in [-0.2, 0) is 9.84 Å². The third-order valence-corrected chi connectivity index (χ3v) is 7.81. The van der Waals surface area contributed by atoms with Gasteiger partial charge < -0.3 is 14.6 Å². The highest BCUT2D eigenvalue weighted by Gasteiger charge is 2.16. The molecular formula is C30H32ClNO5S. The number of aromatic hydroxyl groups is 1. The average Bonchev–Trinajstić information content (AvgIpc) is 2.90. The van der Waals surface area contributed by atoms with Gasteiger partial charge in [-0.2, -0.15) is 0 Å². The Morgan fingerprint density at radius 3 is 2.34 bits per heavy atom. The van der Waals surface area contributed by atoms with Gasteiger partial charge in [-0.25, -0.2) is 8.42 Å². The molecule has 1 N–H and O–H groups in total. The summed E-state index contributed by atoms with van der Waals surface area (Å²) >= 11 is 0. The van der Waals surface area contributed by atoms with Crippen LogP contribution in [0.1, 0.15) is 19.3 Å². The van der Waals surface area contributed by atoms with Crippen LogP contribution in [0, 0.1) is 0 Å². The summed E-state index contributed by atoms with van der Waals surface area (Å²) in [4.78, 5) is 2.69. The van der Waals surface area contributed by atoms with Gasteiger partial charge in [0.05, 0.1) is 4.90 Å². The smallest absolute Gasteiger partial charge is 0.175 e. The predicted octanol–water partition coefficient (Wildman–Crippen LogP) is 6.69. The van der Waals surface area contributed by atoms with Crippen molar-refractivity contribution < 1.29 is 23.0 Å². The normalized spacial score (nSPS) is 14.1. The molecule has 200 valence electrons. The third-order valence-electron chi connectivity index (χ3n) is 6.70. The lowest BCUT2D eigenvalue weighted by molar-refractivity contribution is 0.183. The van der Waals surface area contributed by atoms with E-state index in [4.69, 9.17) is 9.47 Å². The molecule has 0 aromatic heterocycles. The summed E-state index contributed by atoms with van der Waals surface area (Å²) in [7, 11) is -3.36. The Morgan fingerprint density at radius 2 is 1.61 bits per heavy atom. The van der Waals surface area contributed by atoms with E-state index in [1.165, 1.54) is 25.5 Å². The number of nitrogens with zero attached hydrogens (tertiary/aromatic N) is 1. The maximum absolute atomic E-state index is 12.2. The predicted molar refractivity (Wildman–Crippen MR) is 154 cm³/mol. The second-order valence-electron chi connectivity index (χ2n) is 9.47. The van der Waals surface area contributed by atoms with E-state index in [9.17, 15) is 13.5 Å². The number of likely N-dealkylation sites (tertiary alicyclic amines) is 1. The highest BCUT2D eigenvalue weighted by molar-refractivity contribution is 7.90. The van der Waals surface area contributed by atoms with Crippen molar-refractivity contribution in [2.45, 2.75) is 24.2 Å². The summed E-state index contributed by atoms with van der Waals surface area (Å²) in [5.41, 5.74) is 1.48. The van der Waals surface area contributed by atoms with Crippen molar-refractivity contribution in [1.82, 2.24) is 4.90 Å². The van der Waals surface area contributed by atoms with Crippen molar-refractivity contribution in [1.29, 1.82) is 0 Å². The van der Waals surface area contributed by atoms with Gasteiger partial charge >= 0.3 is 0 Å². The largest absolute Gasteiger partial charge is 0.508 e. The molecular weight excluding hydrogens is 522 g/mol. The zero-order chi connectivity index (χ0) is 25.8. The lowest BCUT2D eigenvalue weighted by atomic mass is 9.99. The number of halogens is 1. The van der Waals surface area contributed by atoms with Crippen LogP contribution in [0.4, 0.5) is 0 Å². The first-order valence-corrected chi connectivity index (χ1v) is 14.5. The fraction of sp³-hybridized carbons (Fsp3) is 0.267. The number of benzene rings is 4. The molecule has 1 aliphatic rings. The van der Waals surface area contributed by atoms with Gasteiger partial charge in [-0.1, -0.05) is 24.6 Å². The molecule has 4 aromatic rings. The van der Waals surface area contributed by atoms with Crippen molar-refractivity contribution in [2.24, 2.45) is 0 Å². The fourth-order valence-corrected chi connectivity index (χ4v) is 5.38. The van der Waals surface area contributed by atoms with Gasteiger partial charge in [0.2, 0.25) is 0 Å². The molecule has 8 heteroatoms. The molecule has 0 amide bonds. The molecule has 0 atom stereocenters. The Kier molecular flexibility index (Phi) is 8.82. The van der Waals surface area contributed by atoms with Gasteiger partial charge in [0, 0.05) is 23.8 Å². The number of phenolic OH excluding ortho intramolecular Hbond substituents is 1. The zero-order valence-electron chi connectivity index (χ0n) is 21.3. The standard InChI is InChI=1S/C30H31NO5S.ClH/c1-37(33,34)27-7-5-6-22(21-27)28-14-8-23-20-24(32)9-15-29(23)30(28)36-26-12-10-25(11-13-26)35-19-18-31-16-3-2-4-17-31;/h5-15,20-21,32H,2-4,16-19H2,1H3;1H. The molecule has 38 heavy (non-hydrogen) atoms. The third kappa shape index (κ3) is 6.59. The lowest BCUT2D eigenvalue weighted by Gasteiger charge is -2.26. The van der Waals surface area contributed by atoms with Gasteiger partial charge in [-0.3, -0.25) is 4.90 Å². The van der Waals surface area contributed by atoms with Crippen LogP contribution in [0.3, 0.4) is 0 Å². The topological polar surface area (TPSA) is 76.1 Å². The number of hydrogen-bond donors (Lipinski definition) is 1. The summed E-state index contributed by atoms with van der Waals surface area (Å²) in [6, 6.07) is 23.2. The van der Waals surface area contributed by atoms with E-state index in [0.717, 1.165) is 47.3 Å². The Labute approximate surface area is 230 Å². The first kappa shape index (κ1) is 27.8. The van der Waals surface area contributed by atoms with Gasteiger partial charge in [0.1, 0.15) is 29.6 Å². The molecule has 0 saturated carbocycles. The summed E-state index contributed by atoms with van der Waals surface area (Å²) in [6.07, 6.45) is 5.05. The molecule has 1 saturated heterocycles. The number of sulfone groups is 1. The quantitative estimate of drug-likeness (QED) is 0.262. The van der Waals surface area contributed by atoms with Crippen molar-refractivity contribution in [3.8, 4) is 34.1 Å². The van der Waals surface area contributed by atoms with Gasteiger partial charge in [-0.15, -0.1) is 12.4 Å². The number of ether oxygens (including phenoxy) is 2. The monoisotopic (exact) mass is 553 g/mol. The molecule has 1 aliphatic heterocycles. The molecule has 6 nitrogen and oxygen atoms in total. The van der Waals surface area contributed by atoms with Crippen LogP contribution in [0.2, 0.25) is 0 Å². The van der Waals surface area contributed by atoms with Crippen molar-refractivity contribution >= 4 is 33.0 Å². The van der Waals surface area contributed by atoms with Crippen LogP contribution in [0.15, 0.2) is 83.8 Å². The van der Waals surface area contributed by atoms with Crippen molar-refractivity contribution in [3.05, 3.63) is 78.9 Å². The minimum Gasteiger partial charge on any atom is -0.508 e. The maximum atomic E-state index is 12.2. The van der Waals surface area contributed by atoms with Crippen LogP contribution in [-0.4, -0.2) is 50.9 Å². The fourth-order valence-electron chi connectivity index (χ4n) is 4.72. The minimum atomic E-state index is -3.36. The van der Waals surface area contributed by atoms with E-state index in [1.807, 2.05) is 48.5 Å². The van der Waals surface area contributed by atoms with Gasteiger partial charge in [0.15, 0.2) is 9.84 Å².